The van der Waals surface area contributed by atoms with Crippen LogP contribution in [0.1, 0.15) is 52.4 Å². The molecule has 3 heteroatoms. The Morgan fingerprint density at radius 2 is 2.00 bits per heavy atom. The predicted molar refractivity (Wildman–Crippen MR) is 68.8 cm³/mol. The number of hydrogen-bond donors (Lipinski definition) is 0. The second-order valence-corrected chi connectivity index (χ2v) is 6.52. The standard InChI is InChI=1S/C15H23NO2/c1-14(2)6-3-7-15(11-16,13(14)17)10-12-4-8-18-9-5-12/h12H,3-10H2,1-2H3. The van der Waals surface area contributed by atoms with Crippen LogP contribution in [0.5, 0.6) is 0 Å². The van der Waals surface area contributed by atoms with E-state index in [0.717, 1.165) is 51.7 Å². The summed E-state index contributed by atoms with van der Waals surface area (Å²) < 4.78 is 5.36. The van der Waals surface area contributed by atoms with Crippen molar-refractivity contribution in [3.05, 3.63) is 0 Å². The van der Waals surface area contributed by atoms with Gasteiger partial charge in [0.2, 0.25) is 0 Å². The van der Waals surface area contributed by atoms with E-state index in [9.17, 15) is 10.1 Å². The van der Waals surface area contributed by atoms with Gasteiger partial charge in [-0.05, 0) is 38.0 Å². The maximum Gasteiger partial charge on any atom is 0.158 e. The predicted octanol–water partition coefficient (Wildman–Crippen LogP) is 3.09. The van der Waals surface area contributed by atoms with Gasteiger partial charge in [0, 0.05) is 18.6 Å². The van der Waals surface area contributed by atoms with Crippen molar-refractivity contribution in [1.29, 1.82) is 5.26 Å². The molecule has 1 aliphatic carbocycles. The first-order valence-electron chi connectivity index (χ1n) is 7.04. The molecule has 2 aliphatic rings. The van der Waals surface area contributed by atoms with Crippen molar-refractivity contribution in [2.75, 3.05) is 13.2 Å². The molecule has 1 heterocycles. The number of carbonyl (C=O) groups excluding carboxylic acids is 1. The molecule has 1 atom stereocenters. The van der Waals surface area contributed by atoms with Gasteiger partial charge in [0.1, 0.15) is 5.41 Å². The van der Waals surface area contributed by atoms with Gasteiger partial charge in [-0.2, -0.15) is 5.26 Å². The molecular weight excluding hydrogens is 226 g/mol. The van der Waals surface area contributed by atoms with Crippen molar-refractivity contribution >= 4 is 5.78 Å². The number of ether oxygens (including phenoxy) is 1. The Morgan fingerprint density at radius 3 is 2.61 bits per heavy atom. The quantitative estimate of drug-likeness (QED) is 0.755. The molecule has 2 rings (SSSR count). The van der Waals surface area contributed by atoms with E-state index >= 15 is 0 Å². The van der Waals surface area contributed by atoms with Crippen molar-refractivity contribution in [2.45, 2.75) is 52.4 Å². The number of ketones is 1. The Kier molecular flexibility index (Phi) is 3.77. The monoisotopic (exact) mass is 249 g/mol. The number of carbonyl (C=O) groups is 1. The fourth-order valence-corrected chi connectivity index (χ4v) is 3.50. The van der Waals surface area contributed by atoms with E-state index in [1.54, 1.807) is 0 Å². The summed E-state index contributed by atoms with van der Waals surface area (Å²) in [7, 11) is 0. The van der Waals surface area contributed by atoms with Gasteiger partial charge in [-0.25, -0.2) is 0 Å². The highest BCUT2D eigenvalue weighted by Crippen LogP contribution is 2.47. The maximum atomic E-state index is 12.6. The van der Waals surface area contributed by atoms with E-state index in [4.69, 9.17) is 4.74 Å². The molecule has 0 radical (unpaired) electrons. The van der Waals surface area contributed by atoms with Crippen molar-refractivity contribution in [2.24, 2.45) is 16.7 Å². The van der Waals surface area contributed by atoms with E-state index in [1.807, 2.05) is 13.8 Å². The lowest BCUT2D eigenvalue weighted by Gasteiger charge is -2.41. The SMILES string of the molecule is CC1(C)CCCC(C#N)(CC2CCOCC2)C1=O. The summed E-state index contributed by atoms with van der Waals surface area (Å²) >= 11 is 0. The summed E-state index contributed by atoms with van der Waals surface area (Å²) in [6.45, 7) is 5.54. The molecule has 0 aromatic carbocycles. The minimum absolute atomic E-state index is 0.176. The van der Waals surface area contributed by atoms with Crippen molar-refractivity contribution < 1.29 is 9.53 Å². The Bertz CT molecular complexity index is 363. The van der Waals surface area contributed by atoms with Crippen molar-refractivity contribution in [3.63, 3.8) is 0 Å². The van der Waals surface area contributed by atoms with E-state index < -0.39 is 5.41 Å². The fourth-order valence-electron chi connectivity index (χ4n) is 3.50. The molecule has 0 amide bonds. The molecule has 0 aromatic heterocycles. The molecule has 1 saturated carbocycles. The van der Waals surface area contributed by atoms with Gasteiger partial charge in [0.25, 0.3) is 0 Å². The van der Waals surface area contributed by atoms with Crippen LogP contribution in [0.3, 0.4) is 0 Å². The molecule has 1 unspecified atom stereocenters. The number of nitriles is 1. The Hall–Kier alpha value is -0.880. The summed E-state index contributed by atoms with van der Waals surface area (Å²) in [5, 5.41) is 9.57. The van der Waals surface area contributed by atoms with Crippen LogP contribution in [-0.4, -0.2) is 19.0 Å². The minimum Gasteiger partial charge on any atom is -0.381 e. The van der Waals surface area contributed by atoms with Crippen molar-refractivity contribution in [1.82, 2.24) is 0 Å². The number of rotatable bonds is 2. The summed E-state index contributed by atoms with van der Waals surface area (Å²) in [6, 6.07) is 2.38. The Morgan fingerprint density at radius 1 is 1.33 bits per heavy atom. The van der Waals surface area contributed by atoms with Crippen LogP contribution >= 0.6 is 0 Å². The van der Waals surface area contributed by atoms with E-state index in [1.165, 1.54) is 0 Å². The first-order chi connectivity index (χ1) is 8.50. The Labute approximate surface area is 110 Å². The maximum absolute atomic E-state index is 12.6. The molecule has 100 valence electrons. The van der Waals surface area contributed by atoms with Crippen LogP contribution in [0, 0.1) is 28.1 Å². The van der Waals surface area contributed by atoms with Crippen LogP contribution < -0.4 is 0 Å². The highest BCUT2D eigenvalue weighted by Gasteiger charge is 2.49. The molecule has 0 bridgehead atoms. The zero-order valence-electron chi connectivity index (χ0n) is 11.5. The number of nitrogens with zero attached hydrogens (tertiary/aromatic N) is 1. The normalized spacial score (nSPS) is 33.1. The van der Waals surface area contributed by atoms with Crippen LogP contribution in [-0.2, 0) is 9.53 Å². The van der Waals surface area contributed by atoms with E-state index in [-0.39, 0.29) is 11.2 Å². The molecular formula is C15H23NO2. The largest absolute Gasteiger partial charge is 0.381 e. The van der Waals surface area contributed by atoms with Gasteiger partial charge < -0.3 is 4.74 Å². The summed E-state index contributed by atoms with van der Waals surface area (Å²) in [5.41, 5.74) is -1.04. The summed E-state index contributed by atoms with van der Waals surface area (Å²) in [5.74, 6) is 0.659. The van der Waals surface area contributed by atoms with Gasteiger partial charge in [-0.1, -0.05) is 20.3 Å². The average Bonchev–Trinajstić information content (AvgIpc) is 2.36. The molecule has 0 N–H and O–H groups in total. The lowest BCUT2D eigenvalue weighted by molar-refractivity contribution is -0.139. The van der Waals surface area contributed by atoms with Crippen LogP contribution in [0.15, 0.2) is 0 Å². The van der Waals surface area contributed by atoms with Crippen LogP contribution in [0.2, 0.25) is 0 Å². The minimum atomic E-state index is -0.718. The van der Waals surface area contributed by atoms with Gasteiger partial charge in [-0.15, -0.1) is 0 Å². The summed E-state index contributed by atoms with van der Waals surface area (Å²) in [4.78, 5) is 12.6. The highest BCUT2D eigenvalue weighted by atomic mass is 16.5. The summed E-state index contributed by atoms with van der Waals surface area (Å²) in [6.07, 6.45) is 5.41. The van der Waals surface area contributed by atoms with Gasteiger partial charge >= 0.3 is 0 Å². The molecule has 1 aliphatic heterocycles. The smallest absolute Gasteiger partial charge is 0.158 e. The van der Waals surface area contributed by atoms with E-state index in [2.05, 4.69) is 6.07 Å². The molecule has 2 fully saturated rings. The van der Waals surface area contributed by atoms with Gasteiger partial charge in [0.05, 0.1) is 6.07 Å². The topological polar surface area (TPSA) is 50.1 Å². The number of Topliss-reactive ketones (excluding diaryl/α,β-unsaturated/α-hetero) is 1. The second-order valence-electron chi connectivity index (χ2n) is 6.52. The molecule has 0 spiro atoms. The third-order valence-corrected chi connectivity index (χ3v) is 4.65. The van der Waals surface area contributed by atoms with Crippen LogP contribution in [0.25, 0.3) is 0 Å². The zero-order chi connectivity index (χ0) is 13.2. The molecule has 0 aromatic rings. The zero-order valence-corrected chi connectivity index (χ0v) is 11.5. The first-order valence-corrected chi connectivity index (χ1v) is 7.04. The van der Waals surface area contributed by atoms with Crippen molar-refractivity contribution in [3.8, 4) is 6.07 Å². The highest BCUT2D eigenvalue weighted by molar-refractivity contribution is 5.92. The average molecular weight is 249 g/mol. The fraction of sp³-hybridized carbons (Fsp3) is 0.867. The number of hydrogen-bond acceptors (Lipinski definition) is 3. The first kappa shape index (κ1) is 13.5. The van der Waals surface area contributed by atoms with Crippen LogP contribution in [0.4, 0.5) is 0 Å². The molecule has 1 saturated heterocycles. The van der Waals surface area contributed by atoms with E-state index in [0.29, 0.717) is 5.92 Å². The lowest BCUT2D eigenvalue weighted by atomic mass is 9.60. The second kappa shape index (κ2) is 5.01. The third-order valence-electron chi connectivity index (χ3n) is 4.65. The van der Waals surface area contributed by atoms with Gasteiger partial charge in [-0.3, -0.25) is 4.79 Å². The lowest BCUT2D eigenvalue weighted by Crippen LogP contribution is -2.45. The Balaban J connectivity index is 2.14. The molecule has 3 nitrogen and oxygen atoms in total. The third kappa shape index (κ3) is 2.44. The molecule has 18 heavy (non-hydrogen) atoms. The van der Waals surface area contributed by atoms with Gasteiger partial charge in [0.15, 0.2) is 5.78 Å².